The minimum Gasteiger partial charge on any atom is -0.388 e. The lowest BCUT2D eigenvalue weighted by Crippen LogP contribution is -2.22. The molecule has 2 aliphatic rings. The van der Waals surface area contributed by atoms with Crippen molar-refractivity contribution < 1.29 is 5.11 Å². The van der Waals surface area contributed by atoms with Crippen molar-refractivity contribution in [2.24, 2.45) is 0 Å². The molecule has 2 heteroatoms. The molecule has 2 atom stereocenters. The standard InChI is InChI=1S/C15H18OS/c16-15(11-6-2-1-3-7-11)13-10-17-14-9-5-4-8-12(13)14/h4-6,8-9,13,15-16H,1-3,7,10H2. The number of hydrogen-bond donors (Lipinski definition) is 1. The van der Waals surface area contributed by atoms with E-state index in [2.05, 4.69) is 30.3 Å². The summed E-state index contributed by atoms with van der Waals surface area (Å²) < 4.78 is 0. The van der Waals surface area contributed by atoms with Crippen molar-refractivity contribution in [3.63, 3.8) is 0 Å². The second-order valence-corrected chi connectivity index (χ2v) is 5.99. The largest absolute Gasteiger partial charge is 0.388 e. The molecule has 0 radical (unpaired) electrons. The number of benzene rings is 1. The van der Waals surface area contributed by atoms with Crippen molar-refractivity contribution in [2.75, 3.05) is 5.75 Å². The van der Waals surface area contributed by atoms with E-state index < -0.39 is 0 Å². The summed E-state index contributed by atoms with van der Waals surface area (Å²) in [5.41, 5.74) is 2.62. The van der Waals surface area contributed by atoms with Crippen molar-refractivity contribution in [1.82, 2.24) is 0 Å². The first-order valence-corrected chi connectivity index (χ1v) is 7.43. The molecular weight excluding hydrogens is 228 g/mol. The van der Waals surface area contributed by atoms with Crippen LogP contribution in [0.15, 0.2) is 40.8 Å². The van der Waals surface area contributed by atoms with Gasteiger partial charge in [-0.1, -0.05) is 24.3 Å². The maximum atomic E-state index is 10.5. The van der Waals surface area contributed by atoms with Crippen molar-refractivity contribution >= 4 is 11.8 Å². The smallest absolute Gasteiger partial charge is 0.0827 e. The van der Waals surface area contributed by atoms with Gasteiger partial charge in [0.15, 0.2) is 0 Å². The highest BCUT2D eigenvalue weighted by molar-refractivity contribution is 7.99. The highest BCUT2D eigenvalue weighted by atomic mass is 32.2. The molecule has 1 heterocycles. The molecule has 17 heavy (non-hydrogen) atoms. The third-order valence-electron chi connectivity index (χ3n) is 3.82. The molecule has 1 nitrogen and oxygen atoms in total. The molecule has 0 fully saturated rings. The molecule has 1 aliphatic heterocycles. The van der Waals surface area contributed by atoms with E-state index in [1.807, 2.05) is 11.8 Å². The molecule has 90 valence electrons. The lowest BCUT2D eigenvalue weighted by molar-refractivity contribution is 0.180. The van der Waals surface area contributed by atoms with Gasteiger partial charge in [-0.2, -0.15) is 0 Å². The minimum absolute atomic E-state index is 0.258. The number of hydrogen-bond acceptors (Lipinski definition) is 2. The molecule has 0 saturated carbocycles. The number of thioether (sulfide) groups is 1. The van der Waals surface area contributed by atoms with E-state index in [4.69, 9.17) is 0 Å². The second kappa shape index (κ2) is 4.87. The molecule has 0 spiro atoms. The van der Waals surface area contributed by atoms with Gasteiger partial charge in [-0.15, -0.1) is 11.8 Å². The zero-order valence-electron chi connectivity index (χ0n) is 9.93. The van der Waals surface area contributed by atoms with Crippen LogP contribution in [0.4, 0.5) is 0 Å². The van der Waals surface area contributed by atoms with E-state index in [0.717, 1.165) is 18.6 Å². The Morgan fingerprint density at radius 1 is 1.24 bits per heavy atom. The summed E-state index contributed by atoms with van der Waals surface area (Å²) in [4.78, 5) is 1.35. The number of rotatable bonds is 2. The third-order valence-corrected chi connectivity index (χ3v) is 5.03. The van der Waals surface area contributed by atoms with Gasteiger partial charge in [-0.05, 0) is 42.9 Å². The Morgan fingerprint density at radius 2 is 2.12 bits per heavy atom. The lowest BCUT2D eigenvalue weighted by Gasteiger charge is -2.24. The van der Waals surface area contributed by atoms with Crippen LogP contribution in [-0.4, -0.2) is 17.0 Å². The highest BCUT2D eigenvalue weighted by Crippen LogP contribution is 2.43. The van der Waals surface area contributed by atoms with E-state index in [9.17, 15) is 5.11 Å². The molecule has 0 aromatic heterocycles. The van der Waals surface area contributed by atoms with Crippen LogP contribution < -0.4 is 0 Å². The van der Waals surface area contributed by atoms with E-state index >= 15 is 0 Å². The molecule has 3 rings (SSSR count). The van der Waals surface area contributed by atoms with Gasteiger partial charge in [0.25, 0.3) is 0 Å². The Labute approximate surface area is 107 Å². The van der Waals surface area contributed by atoms with E-state index in [-0.39, 0.29) is 6.10 Å². The number of aliphatic hydroxyl groups excluding tert-OH is 1. The van der Waals surface area contributed by atoms with Gasteiger partial charge < -0.3 is 5.11 Å². The number of allylic oxidation sites excluding steroid dienone is 1. The Bertz CT molecular complexity index is 438. The second-order valence-electron chi connectivity index (χ2n) is 4.92. The van der Waals surface area contributed by atoms with Crippen LogP contribution in [0, 0.1) is 0 Å². The fraction of sp³-hybridized carbons (Fsp3) is 0.467. The van der Waals surface area contributed by atoms with Crippen molar-refractivity contribution in [2.45, 2.75) is 42.6 Å². The summed E-state index contributed by atoms with van der Waals surface area (Å²) in [6.07, 6.45) is 6.76. The molecule has 1 aliphatic carbocycles. The van der Waals surface area contributed by atoms with Gasteiger partial charge >= 0.3 is 0 Å². The molecule has 0 amide bonds. The predicted molar refractivity (Wildman–Crippen MR) is 72.5 cm³/mol. The number of aliphatic hydroxyl groups is 1. The summed E-state index contributed by atoms with van der Waals surface area (Å²) in [6, 6.07) is 8.51. The normalized spacial score (nSPS) is 25.2. The fourth-order valence-corrected chi connectivity index (χ4v) is 4.12. The van der Waals surface area contributed by atoms with Gasteiger partial charge in [-0.3, -0.25) is 0 Å². The van der Waals surface area contributed by atoms with Crippen LogP contribution in [0.5, 0.6) is 0 Å². The van der Waals surface area contributed by atoms with Crippen LogP contribution in [0.25, 0.3) is 0 Å². The van der Waals surface area contributed by atoms with Crippen molar-refractivity contribution in [1.29, 1.82) is 0 Å². The summed E-state index contributed by atoms with van der Waals surface area (Å²) in [7, 11) is 0. The predicted octanol–water partition coefficient (Wildman–Crippen LogP) is 3.74. The molecule has 0 bridgehead atoms. The highest BCUT2D eigenvalue weighted by Gasteiger charge is 2.31. The maximum absolute atomic E-state index is 10.5. The van der Waals surface area contributed by atoms with Crippen LogP contribution in [0.1, 0.15) is 37.2 Å². The Balaban J connectivity index is 1.84. The van der Waals surface area contributed by atoms with Gasteiger partial charge in [0.05, 0.1) is 6.10 Å². The molecule has 2 unspecified atom stereocenters. The summed E-state index contributed by atoms with van der Waals surface area (Å²) in [5, 5.41) is 10.5. The first kappa shape index (κ1) is 11.4. The molecule has 1 aromatic carbocycles. The summed E-state index contributed by atoms with van der Waals surface area (Å²) in [6.45, 7) is 0. The fourth-order valence-electron chi connectivity index (χ4n) is 2.84. The SMILES string of the molecule is OC(C1=CCCCC1)C1CSc2ccccc21. The van der Waals surface area contributed by atoms with E-state index in [0.29, 0.717) is 5.92 Å². The zero-order valence-corrected chi connectivity index (χ0v) is 10.7. The van der Waals surface area contributed by atoms with Gasteiger partial charge in [-0.25, -0.2) is 0 Å². The molecule has 1 aromatic rings. The van der Waals surface area contributed by atoms with Gasteiger partial charge in [0, 0.05) is 16.6 Å². The van der Waals surface area contributed by atoms with E-state index in [1.165, 1.54) is 28.9 Å². The Hall–Kier alpha value is -0.730. The lowest BCUT2D eigenvalue weighted by atomic mass is 9.86. The average molecular weight is 246 g/mol. The third kappa shape index (κ3) is 2.16. The monoisotopic (exact) mass is 246 g/mol. The minimum atomic E-state index is -0.258. The molecule has 0 saturated heterocycles. The Kier molecular flexibility index (Phi) is 3.26. The van der Waals surface area contributed by atoms with Crippen LogP contribution >= 0.6 is 11.8 Å². The molecule has 1 N–H and O–H groups in total. The first-order chi connectivity index (χ1) is 8.36. The van der Waals surface area contributed by atoms with Crippen LogP contribution in [0.3, 0.4) is 0 Å². The summed E-state index contributed by atoms with van der Waals surface area (Å²) >= 11 is 1.88. The number of fused-ring (bicyclic) bond motifs is 1. The van der Waals surface area contributed by atoms with Crippen molar-refractivity contribution in [3.8, 4) is 0 Å². The zero-order chi connectivity index (χ0) is 11.7. The van der Waals surface area contributed by atoms with Crippen LogP contribution in [0.2, 0.25) is 0 Å². The first-order valence-electron chi connectivity index (χ1n) is 6.45. The quantitative estimate of drug-likeness (QED) is 0.802. The maximum Gasteiger partial charge on any atom is 0.0827 e. The van der Waals surface area contributed by atoms with Crippen molar-refractivity contribution in [3.05, 3.63) is 41.5 Å². The Morgan fingerprint density at radius 3 is 2.94 bits per heavy atom. The summed E-state index contributed by atoms with van der Waals surface area (Å²) in [5.74, 6) is 1.33. The topological polar surface area (TPSA) is 20.2 Å². The molecular formula is C15H18OS. The van der Waals surface area contributed by atoms with Gasteiger partial charge in [0.2, 0.25) is 0 Å². The average Bonchev–Trinajstić information content (AvgIpc) is 2.83. The van der Waals surface area contributed by atoms with E-state index in [1.54, 1.807) is 0 Å². The van der Waals surface area contributed by atoms with Crippen LogP contribution in [-0.2, 0) is 0 Å². The van der Waals surface area contributed by atoms with Gasteiger partial charge in [0.1, 0.15) is 0 Å².